The standard InChI is InChI=1S/C17H21N3O2/c1-12(13-6-5-7-15(21)10-13)20(4)17(22)16-11-14(19(2)3)8-9-18-16/h5-12,21H,1-4H3/t12-/m1/s1. The molecule has 1 aromatic heterocycles. The lowest BCUT2D eigenvalue weighted by atomic mass is 10.1. The van der Waals surface area contributed by atoms with Crippen LogP contribution in [0.5, 0.6) is 5.75 Å². The van der Waals surface area contributed by atoms with E-state index in [4.69, 9.17) is 0 Å². The zero-order valence-electron chi connectivity index (χ0n) is 13.3. The third-order valence-electron chi connectivity index (χ3n) is 3.73. The average Bonchev–Trinajstić information content (AvgIpc) is 2.52. The second-order valence-corrected chi connectivity index (χ2v) is 5.48. The molecule has 5 heteroatoms. The van der Waals surface area contributed by atoms with Crippen LogP contribution in [0, 0.1) is 0 Å². The Kier molecular flexibility index (Phi) is 4.65. The van der Waals surface area contributed by atoms with Crippen LogP contribution in [0.2, 0.25) is 0 Å². The maximum atomic E-state index is 12.6. The molecular formula is C17H21N3O2. The summed E-state index contributed by atoms with van der Waals surface area (Å²) in [5.74, 6) is 0.0393. The Labute approximate surface area is 130 Å². The van der Waals surface area contributed by atoms with E-state index in [1.807, 2.05) is 38.1 Å². The highest BCUT2D eigenvalue weighted by Gasteiger charge is 2.20. The van der Waals surface area contributed by atoms with E-state index < -0.39 is 0 Å². The fourth-order valence-corrected chi connectivity index (χ4v) is 2.18. The Morgan fingerprint density at radius 1 is 1.18 bits per heavy atom. The van der Waals surface area contributed by atoms with Gasteiger partial charge >= 0.3 is 0 Å². The smallest absolute Gasteiger partial charge is 0.272 e. The van der Waals surface area contributed by atoms with Crippen LogP contribution in [-0.2, 0) is 0 Å². The lowest BCUT2D eigenvalue weighted by molar-refractivity contribution is 0.0736. The van der Waals surface area contributed by atoms with Crippen molar-refractivity contribution in [3.8, 4) is 5.75 Å². The molecule has 1 aromatic carbocycles. The summed E-state index contributed by atoms with van der Waals surface area (Å²) in [6.07, 6.45) is 1.63. The highest BCUT2D eigenvalue weighted by atomic mass is 16.3. The summed E-state index contributed by atoms with van der Waals surface area (Å²) in [5, 5.41) is 9.58. The second kappa shape index (κ2) is 6.47. The number of aromatic hydroxyl groups is 1. The molecule has 1 heterocycles. The van der Waals surface area contributed by atoms with Gasteiger partial charge in [0.2, 0.25) is 0 Å². The molecule has 116 valence electrons. The molecule has 5 nitrogen and oxygen atoms in total. The van der Waals surface area contributed by atoms with Crippen molar-refractivity contribution >= 4 is 11.6 Å². The monoisotopic (exact) mass is 299 g/mol. The van der Waals surface area contributed by atoms with Gasteiger partial charge in [-0.3, -0.25) is 9.78 Å². The van der Waals surface area contributed by atoms with E-state index >= 15 is 0 Å². The van der Waals surface area contributed by atoms with Gasteiger partial charge in [0.15, 0.2) is 0 Å². The molecular weight excluding hydrogens is 278 g/mol. The summed E-state index contributed by atoms with van der Waals surface area (Å²) in [5.41, 5.74) is 2.21. The summed E-state index contributed by atoms with van der Waals surface area (Å²) in [6, 6.07) is 10.4. The first-order valence-corrected chi connectivity index (χ1v) is 7.09. The Balaban J connectivity index is 2.23. The van der Waals surface area contributed by atoms with Gasteiger partial charge < -0.3 is 14.9 Å². The van der Waals surface area contributed by atoms with Crippen molar-refractivity contribution in [2.45, 2.75) is 13.0 Å². The zero-order valence-corrected chi connectivity index (χ0v) is 13.3. The molecule has 0 aliphatic carbocycles. The number of hydrogen-bond acceptors (Lipinski definition) is 4. The first-order chi connectivity index (χ1) is 10.4. The van der Waals surface area contributed by atoms with Gasteiger partial charge in [0.05, 0.1) is 6.04 Å². The van der Waals surface area contributed by atoms with Crippen LogP contribution in [-0.4, -0.2) is 42.0 Å². The topological polar surface area (TPSA) is 56.7 Å². The molecule has 1 N–H and O–H groups in total. The Hall–Kier alpha value is -2.56. The van der Waals surface area contributed by atoms with Crippen LogP contribution in [0.1, 0.15) is 29.0 Å². The van der Waals surface area contributed by atoms with E-state index in [1.54, 1.807) is 42.4 Å². The molecule has 0 aliphatic rings. The van der Waals surface area contributed by atoms with Crippen molar-refractivity contribution in [2.24, 2.45) is 0 Å². The SMILES string of the molecule is C[C@H](c1cccc(O)c1)N(C)C(=O)c1cc(N(C)C)ccn1. The van der Waals surface area contributed by atoms with Gasteiger partial charge in [-0.1, -0.05) is 12.1 Å². The van der Waals surface area contributed by atoms with Crippen LogP contribution in [0.25, 0.3) is 0 Å². The number of hydrogen-bond donors (Lipinski definition) is 1. The molecule has 0 unspecified atom stereocenters. The summed E-state index contributed by atoms with van der Waals surface area (Å²) >= 11 is 0. The van der Waals surface area contributed by atoms with Crippen molar-refractivity contribution in [1.82, 2.24) is 9.88 Å². The minimum absolute atomic E-state index is 0.153. The van der Waals surface area contributed by atoms with Gasteiger partial charge in [-0.2, -0.15) is 0 Å². The van der Waals surface area contributed by atoms with Gasteiger partial charge in [0.1, 0.15) is 11.4 Å². The number of benzene rings is 1. The molecule has 0 radical (unpaired) electrons. The number of amides is 1. The van der Waals surface area contributed by atoms with Crippen LogP contribution in [0.3, 0.4) is 0 Å². The zero-order chi connectivity index (χ0) is 16.3. The molecule has 1 atom stereocenters. The van der Waals surface area contributed by atoms with Gasteiger partial charge in [-0.05, 0) is 36.8 Å². The quantitative estimate of drug-likeness (QED) is 0.943. The van der Waals surface area contributed by atoms with E-state index in [0.29, 0.717) is 5.69 Å². The fraction of sp³-hybridized carbons (Fsp3) is 0.294. The number of phenols is 1. The van der Waals surface area contributed by atoms with E-state index in [0.717, 1.165) is 11.3 Å². The van der Waals surface area contributed by atoms with E-state index in [9.17, 15) is 9.90 Å². The van der Waals surface area contributed by atoms with Gasteiger partial charge in [0, 0.05) is 33.0 Å². The summed E-state index contributed by atoms with van der Waals surface area (Å²) in [6.45, 7) is 1.92. The van der Waals surface area contributed by atoms with Crippen molar-refractivity contribution in [3.63, 3.8) is 0 Å². The number of anilines is 1. The van der Waals surface area contributed by atoms with Gasteiger partial charge in [-0.15, -0.1) is 0 Å². The molecule has 0 aliphatic heterocycles. The Morgan fingerprint density at radius 2 is 1.91 bits per heavy atom. The Bertz CT molecular complexity index is 670. The fourth-order valence-electron chi connectivity index (χ4n) is 2.18. The third-order valence-corrected chi connectivity index (χ3v) is 3.73. The van der Waals surface area contributed by atoms with Gasteiger partial charge in [0.25, 0.3) is 5.91 Å². The number of carbonyl (C=O) groups excluding carboxylic acids is 1. The van der Waals surface area contributed by atoms with Crippen molar-refractivity contribution < 1.29 is 9.90 Å². The van der Waals surface area contributed by atoms with Gasteiger partial charge in [-0.25, -0.2) is 0 Å². The van der Waals surface area contributed by atoms with E-state index in [-0.39, 0.29) is 17.7 Å². The first-order valence-electron chi connectivity index (χ1n) is 7.09. The molecule has 0 spiro atoms. The number of rotatable bonds is 4. The van der Waals surface area contributed by atoms with Crippen molar-refractivity contribution in [1.29, 1.82) is 0 Å². The summed E-state index contributed by atoms with van der Waals surface area (Å²) in [4.78, 5) is 20.3. The highest BCUT2D eigenvalue weighted by Crippen LogP contribution is 2.24. The van der Waals surface area contributed by atoms with Crippen LogP contribution in [0.4, 0.5) is 5.69 Å². The molecule has 0 saturated heterocycles. The van der Waals surface area contributed by atoms with E-state index in [1.165, 1.54) is 0 Å². The number of carbonyl (C=O) groups is 1. The lowest BCUT2D eigenvalue weighted by Gasteiger charge is -2.25. The highest BCUT2D eigenvalue weighted by molar-refractivity contribution is 5.93. The van der Waals surface area contributed by atoms with Crippen molar-refractivity contribution in [2.75, 3.05) is 26.0 Å². The largest absolute Gasteiger partial charge is 0.508 e. The summed E-state index contributed by atoms with van der Waals surface area (Å²) in [7, 11) is 5.58. The molecule has 1 amide bonds. The molecule has 0 bridgehead atoms. The second-order valence-electron chi connectivity index (χ2n) is 5.48. The minimum Gasteiger partial charge on any atom is -0.508 e. The normalized spacial score (nSPS) is 11.8. The van der Waals surface area contributed by atoms with Crippen LogP contribution in [0.15, 0.2) is 42.6 Å². The lowest BCUT2D eigenvalue weighted by Crippen LogP contribution is -2.30. The van der Waals surface area contributed by atoms with Crippen LogP contribution < -0.4 is 4.90 Å². The summed E-state index contributed by atoms with van der Waals surface area (Å²) < 4.78 is 0. The van der Waals surface area contributed by atoms with E-state index in [2.05, 4.69) is 4.98 Å². The number of aromatic nitrogens is 1. The molecule has 22 heavy (non-hydrogen) atoms. The average molecular weight is 299 g/mol. The third kappa shape index (κ3) is 3.36. The number of pyridine rings is 1. The number of phenolic OH excluding ortho intramolecular Hbond substituents is 1. The van der Waals surface area contributed by atoms with Crippen LogP contribution >= 0.6 is 0 Å². The Morgan fingerprint density at radius 3 is 2.55 bits per heavy atom. The molecule has 0 saturated carbocycles. The molecule has 2 rings (SSSR count). The maximum absolute atomic E-state index is 12.6. The molecule has 2 aromatic rings. The van der Waals surface area contributed by atoms with Crippen molar-refractivity contribution in [3.05, 3.63) is 53.9 Å². The predicted molar refractivity (Wildman–Crippen MR) is 87.2 cm³/mol. The number of nitrogens with zero attached hydrogens (tertiary/aromatic N) is 3. The minimum atomic E-state index is -0.163. The molecule has 0 fully saturated rings. The predicted octanol–water partition coefficient (Wildman–Crippen LogP) is 2.69. The first kappa shape index (κ1) is 15.8. The maximum Gasteiger partial charge on any atom is 0.272 e.